The van der Waals surface area contributed by atoms with Crippen molar-refractivity contribution in [2.45, 2.75) is 25.7 Å². The van der Waals surface area contributed by atoms with E-state index >= 15 is 0 Å². The lowest BCUT2D eigenvalue weighted by Gasteiger charge is -2.01. The largest absolute Gasteiger partial charge is 0.396 e. The van der Waals surface area contributed by atoms with Crippen LogP contribution in [0.3, 0.4) is 0 Å². The van der Waals surface area contributed by atoms with Crippen LogP contribution in [0.2, 0.25) is 0 Å². The molecule has 3 heteroatoms. The molecule has 0 saturated carbocycles. The van der Waals surface area contributed by atoms with Crippen molar-refractivity contribution in [2.24, 2.45) is 0 Å². The number of rotatable bonds is 6. The number of carbonyl (C=O) groups is 1. The fourth-order valence-electron chi connectivity index (χ4n) is 0.760. The van der Waals surface area contributed by atoms with Gasteiger partial charge in [0.25, 0.3) is 0 Å². The molecule has 0 aliphatic carbocycles. The summed E-state index contributed by atoms with van der Waals surface area (Å²) in [5, 5.41) is 11.1. The van der Waals surface area contributed by atoms with Gasteiger partial charge in [-0.3, -0.25) is 4.79 Å². The maximum atomic E-state index is 10.9. The van der Waals surface area contributed by atoms with E-state index < -0.39 is 0 Å². The molecule has 0 aromatic heterocycles. The van der Waals surface area contributed by atoms with Gasteiger partial charge >= 0.3 is 0 Å². The van der Waals surface area contributed by atoms with Crippen molar-refractivity contribution >= 4 is 5.91 Å². The summed E-state index contributed by atoms with van der Waals surface area (Å²) in [4.78, 5) is 10.9. The molecule has 3 nitrogen and oxygen atoms in total. The van der Waals surface area contributed by atoms with E-state index in [9.17, 15) is 4.79 Å². The number of terminal acetylenes is 1. The van der Waals surface area contributed by atoms with Crippen LogP contribution in [0.5, 0.6) is 0 Å². The first-order valence-corrected chi connectivity index (χ1v) is 4.12. The molecule has 0 fully saturated rings. The quantitative estimate of drug-likeness (QED) is 0.443. The summed E-state index contributed by atoms with van der Waals surface area (Å²) in [7, 11) is 0. The summed E-state index contributed by atoms with van der Waals surface area (Å²) in [5.41, 5.74) is 0. The van der Waals surface area contributed by atoms with E-state index in [0.717, 1.165) is 6.42 Å². The van der Waals surface area contributed by atoms with Gasteiger partial charge in [0, 0.05) is 26.0 Å². The van der Waals surface area contributed by atoms with Gasteiger partial charge in [0.15, 0.2) is 0 Å². The number of hydrogen-bond acceptors (Lipinski definition) is 2. The lowest BCUT2D eigenvalue weighted by molar-refractivity contribution is -0.121. The Bertz CT molecular complexity index is 160. The van der Waals surface area contributed by atoms with Crippen molar-refractivity contribution in [3.63, 3.8) is 0 Å². The highest BCUT2D eigenvalue weighted by molar-refractivity contribution is 5.75. The standard InChI is InChI=1S/C9H15NO2/c1-2-3-7-10-9(12)6-4-5-8-11/h1,11H,3-8H2,(H,10,12). The van der Waals surface area contributed by atoms with Gasteiger partial charge in [0.05, 0.1) is 0 Å². The predicted octanol–water partition coefficient (Wildman–Crippen LogP) is 0.288. The summed E-state index contributed by atoms with van der Waals surface area (Å²) in [5.74, 6) is 2.45. The van der Waals surface area contributed by atoms with E-state index in [1.165, 1.54) is 0 Å². The fraction of sp³-hybridized carbons (Fsp3) is 0.667. The van der Waals surface area contributed by atoms with Gasteiger partial charge in [-0.2, -0.15) is 0 Å². The summed E-state index contributed by atoms with van der Waals surface area (Å²) < 4.78 is 0. The second-order valence-electron chi connectivity index (χ2n) is 2.48. The average Bonchev–Trinajstić information content (AvgIpc) is 2.06. The highest BCUT2D eigenvalue weighted by atomic mass is 16.2. The molecule has 0 aliphatic heterocycles. The lowest BCUT2D eigenvalue weighted by Crippen LogP contribution is -2.23. The van der Waals surface area contributed by atoms with Gasteiger partial charge < -0.3 is 10.4 Å². The van der Waals surface area contributed by atoms with Gasteiger partial charge in [-0.05, 0) is 12.8 Å². The molecule has 0 saturated heterocycles. The van der Waals surface area contributed by atoms with Crippen molar-refractivity contribution in [3.05, 3.63) is 0 Å². The normalized spacial score (nSPS) is 9.00. The fourth-order valence-corrected chi connectivity index (χ4v) is 0.760. The Kier molecular flexibility index (Phi) is 7.41. The molecular formula is C9H15NO2. The Morgan fingerprint density at radius 1 is 1.50 bits per heavy atom. The van der Waals surface area contributed by atoms with Crippen LogP contribution in [0.4, 0.5) is 0 Å². The summed E-state index contributed by atoms with van der Waals surface area (Å²) in [6.07, 6.45) is 7.47. The zero-order valence-electron chi connectivity index (χ0n) is 7.18. The molecule has 0 spiro atoms. The van der Waals surface area contributed by atoms with Crippen LogP contribution in [-0.2, 0) is 4.79 Å². The number of unbranched alkanes of at least 4 members (excludes halogenated alkanes) is 1. The first-order valence-electron chi connectivity index (χ1n) is 4.12. The average molecular weight is 169 g/mol. The van der Waals surface area contributed by atoms with Gasteiger partial charge in [0.2, 0.25) is 5.91 Å². The molecule has 0 aromatic carbocycles. The second kappa shape index (κ2) is 8.09. The lowest BCUT2D eigenvalue weighted by atomic mass is 10.2. The molecule has 68 valence electrons. The van der Waals surface area contributed by atoms with Crippen LogP contribution in [0.1, 0.15) is 25.7 Å². The first kappa shape index (κ1) is 11.0. The molecule has 0 heterocycles. The smallest absolute Gasteiger partial charge is 0.220 e. The Morgan fingerprint density at radius 3 is 2.83 bits per heavy atom. The van der Waals surface area contributed by atoms with Crippen molar-refractivity contribution < 1.29 is 9.90 Å². The number of aliphatic hydroxyl groups is 1. The van der Waals surface area contributed by atoms with Crippen molar-refractivity contribution in [3.8, 4) is 12.3 Å². The van der Waals surface area contributed by atoms with Crippen molar-refractivity contribution in [1.29, 1.82) is 0 Å². The van der Waals surface area contributed by atoms with Gasteiger partial charge in [0.1, 0.15) is 0 Å². The van der Waals surface area contributed by atoms with Crippen LogP contribution < -0.4 is 5.32 Å². The van der Waals surface area contributed by atoms with Gasteiger partial charge in [-0.25, -0.2) is 0 Å². The van der Waals surface area contributed by atoms with E-state index in [2.05, 4.69) is 11.2 Å². The highest BCUT2D eigenvalue weighted by Crippen LogP contribution is 1.93. The molecule has 12 heavy (non-hydrogen) atoms. The maximum absolute atomic E-state index is 10.9. The molecule has 2 N–H and O–H groups in total. The number of aliphatic hydroxyl groups excluding tert-OH is 1. The maximum Gasteiger partial charge on any atom is 0.220 e. The minimum absolute atomic E-state index is 0.0127. The van der Waals surface area contributed by atoms with Crippen LogP contribution >= 0.6 is 0 Å². The minimum Gasteiger partial charge on any atom is -0.396 e. The Balaban J connectivity index is 3.17. The van der Waals surface area contributed by atoms with Crippen LogP contribution in [0, 0.1) is 12.3 Å². The molecule has 0 bridgehead atoms. The Morgan fingerprint density at radius 2 is 2.25 bits per heavy atom. The molecule has 0 aromatic rings. The van der Waals surface area contributed by atoms with E-state index in [-0.39, 0.29) is 12.5 Å². The third kappa shape index (κ3) is 7.10. The molecule has 0 atom stereocenters. The third-order valence-electron chi connectivity index (χ3n) is 1.40. The number of carbonyl (C=O) groups excluding carboxylic acids is 1. The first-order chi connectivity index (χ1) is 5.81. The van der Waals surface area contributed by atoms with Crippen molar-refractivity contribution in [2.75, 3.05) is 13.2 Å². The van der Waals surface area contributed by atoms with E-state index in [4.69, 9.17) is 11.5 Å². The molecule has 0 aliphatic rings. The van der Waals surface area contributed by atoms with Crippen LogP contribution in [0.25, 0.3) is 0 Å². The molecular weight excluding hydrogens is 154 g/mol. The summed E-state index contributed by atoms with van der Waals surface area (Å²) in [6, 6.07) is 0. The monoisotopic (exact) mass is 169 g/mol. The van der Waals surface area contributed by atoms with E-state index in [1.807, 2.05) is 0 Å². The molecule has 0 rings (SSSR count). The highest BCUT2D eigenvalue weighted by Gasteiger charge is 1.98. The second-order valence-corrected chi connectivity index (χ2v) is 2.48. The third-order valence-corrected chi connectivity index (χ3v) is 1.40. The van der Waals surface area contributed by atoms with Crippen molar-refractivity contribution in [1.82, 2.24) is 5.32 Å². The number of hydrogen-bond donors (Lipinski definition) is 2. The molecule has 0 unspecified atom stereocenters. The summed E-state index contributed by atoms with van der Waals surface area (Å²) in [6.45, 7) is 0.700. The SMILES string of the molecule is C#CCCNC(=O)CCCCO. The predicted molar refractivity (Wildman–Crippen MR) is 47.4 cm³/mol. The van der Waals surface area contributed by atoms with Gasteiger partial charge in [-0.1, -0.05) is 0 Å². The van der Waals surface area contributed by atoms with Crippen LogP contribution in [-0.4, -0.2) is 24.2 Å². The molecule has 0 radical (unpaired) electrons. The number of amides is 1. The van der Waals surface area contributed by atoms with Crippen LogP contribution in [0.15, 0.2) is 0 Å². The number of nitrogens with one attached hydrogen (secondary N) is 1. The van der Waals surface area contributed by atoms with E-state index in [0.29, 0.717) is 25.8 Å². The topological polar surface area (TPSA) is 49.3 Å². The van der Waals surface area contributed by atoms with E-state index in [1.54, 1.807) is 0 Å². The summed E-state index contributed by atoms with van der Waals surface area (Å²) >= 11 is 0. The molecule has 1 amide bonds. The Hall–Kier alpha value is -1.01. The Labute approximate surface area is 73.2 Å². The zero-order chi connectivity index (χ0) is 9.23. The zero-order valence-corrected chi connectivity index (χ0v) is 7.18. The van der Waals surface area contributed by atoms with Gasteiger partial charge in [-0.15, -0.1) is 12.3 Å². The minimum atomic E-state index is 0.0127.